The van der Waals surface area contributed by atoms with Gasteiger partial charge in [0.1, 0.15) is 5.82 Å². The highest BCUT2D eigenvalue weighted by Crippen LogP contribution is 2.39. The summed E-state index contributed by atoms with van der Waals surface area (Å²) in [5.41, 5.74) is 7.81. The molecular weight excluding hydrogens is 380 g/mol. The third-order valence-electron chi connectivity index (χ3n) is 7.02. The molecular formula is C27H40N4. The van der Waals surface area contributed by atoms with Gasteiger partial charge in [0.15, 0.2) is 0 Å². The number of aryl methyl sites for hydroxylation is 4. The Morgan fingerprint density at radius 2 is 1.65 bits per heavy atom. The van der Waals surface area contributed by atoms with E-state index in [2.05, 4.69) is 63.5 Å². The van der Waals surface area contributed by atoms with Gasteiger partial charge in [-0.25, -0.2) is 4.98 Å². The van der Waals surface area contributed by atoms with E-state index in [1.54, 1.807) is 0 Å². The van der Waals surface area contributed by atoms with Gasteiger partial charge in [0, 0.05) is 36.1 Å². The summed E-state index contributed by atoms with van der Waals surface area (Å²) < 4.78 is 0. The monoisotopic (exact) mass is 420 g/mol. The summed E-state index contributed by atoms with van der Waals surface area (Å²) in [4.78, 5) is 15.4. The smallest absolute Gasteiger partial charge is 0.232 e. The number of rotatable bonds is 9. The van der Waals surface area contributed by atoms with E-state index >= 15 is 0 Å². The normalized spacial score (nSPS) is 15.6. The van der Waals surface area contributed by atoms with Gasteiger partial charge in [-0.1, -0.05) is 44.4 Å². The molecule has 31 heavy (non-hydrogen) atoms. The van der Waals surface area contributed by atoms with Gasteiger partial charge in [0.25, 0.3) is 0 Å². The highest BCUT2D eigenvalue weighted by atomic mass is 15.3. The summed E-state index contributed by atoms with van der Waals surface area (Å²) in [5, 5.41) is 0. The second kappa shape index (κ2) is 9.18. The van der Waals surface area contributed by atoms with Gasteiger partial charge in [0.2, 0.25) is 5.95 Å². The number of hydrogen-bond donors (Lipinski definition) is 0. The van der Waals surface area contributed by atoms with E-state index in [1.165, 1.54) is 72.3 Å². The molecule has 1 aliphatic heterocycles. The van der Waals surface area contributed by atoms with Crippen molar-refractivity contribution in [3.05, 3.63) is 40.1 Å². The Bertz CT molecular complexity index is 902. The zero-order valence-corrected chi connectivity index (χ0v) is 20.5. The van der Waals surface area contributed by atoms with Crippen LogP contribution in [0.25, 0.3) is 0 Å². The van der Waals surface area contributed by atoms with Crippen molar-refractivity contribution < 1.29 is 0 Å². The molecule has 1 saturated carbocycles. The number of fused-ring (bicyclic) bond motifs is 1. The fourth-order valence-corrected chi connectivity index (χ4v) is 5.46. The molecule has 1 aliphatic carbocycles. The predicted octanol–water partition coefficient (Wildman–Crippen LogP) is 6.59. The summed E-state index contributed by atoms with van der Waals surface area (Å²) in [6, 6.07) is 5.19. The van der Waals surface area contributed by atoms with Crippen LogP contribution in [0, 0.1) is 33.6 Å². The molecule has 0 atom stereocenters. The zero-order chi connectivity index (χ0) is 22.1. The van der Waals surface area contributed by atoms with Crippen LogP contribution in [0.5, 0.6) is 0 Å². The van der Waals surface area contributed by atoms with Gasteiger partial charge >= 0.3 is 0 Å². The topological polar surface area (TPSA) is 32.3 Å². The Morgan fingerprint density at radius 1 is 1.00 bits per heavy atom. The van der Waals surface area contributed by atoms with Crippen molar-refractivity contribution in [2.45, 2.75) is 92.5 Å². The molecule has 168 valence electrons. The molecule has 0 bridgehead atoms. The van der Waals surface area contributed by atoms with Crippen molar-refractivity contribution in [3.63, 3.8) is 0 Å². The Labute approximate surface area is 189 Å². The molecule has 0 spiro atoms. The Hall–Kier alpha value is -2.10. The lowest BCUT2D eigenvalue weighted by Crippen LogP contribution is -2.34. The number of benzene rings is 1. The molecule has 0 radical (unpaired) electrons. The van der Waals surface area contributed by atoms with E-state index in [0.717, 1.165) is 37.1 Å². The van der Waals surface area contributed by atoms with Crippen molar-refractivity contribution >= 4 is 17.5 Å². The van der Waals surface area contributed by atoms with Gasteiger partial charge in [-0.05, 0) is 76.8 Å². The molecule has 4 nitrogen and oxygen atoms in total. The standard InChI is InChI=1S/C27H40N4/c1-7-9-23(10-8-2)30-14-13-24-21(6)28-27(29-26(24)30)31(17-22-11-12-22)25-19(4)15-18(3)16-20(25)5/h15-16,22-23H,7-14,17H2,1-6H3. The largest absolute Gasteiger partial charge is 0.353 e. The van der Waals surface area contributed by atoms with Crippen LogP contribution in [-0.4, -0.2) is 29.1 Å². The second-order valence-corrected chi connectivity index (χ2v) is 9.89. The zero-order valence-electron chi connectivity index (χ0n) is 20.5. The minimum atomic E-state index is 0.595. The fraction of sp³-hybridized carbons (Fsp3) is 0.630. The first-order valence-corrected chi connectivity index (χ1v) is 12.4. The SMILES string of the molecule is CCCC(CCC)N1CCc2c(C)nc(N(CC3CC3)c3c(C)cc(C)cc3C)nc21. The maximum atomic E-state index is 5.28. The molecule has 2 aliphatic rings. The van der Waals surface area contributed by atoms with Crippen molar-refractivity contribution in [1.29, 1.82) is 0 Å². The molecule has 2 heterocycles. The van der Waals surface area contributed by atoms with Crippen LogP contribution < -0.4 is 9.80 Å². The van der Waals surface area contributed by atoms with Crippen LogP contribution in [-0.2, 0) is 6.42 Å². The average Bonchev–Trinajstić information content (AvgIpc) is 3.42. The number of anilines is 3. The number of nitrogens with zero attached hydrogens (tertiary/aromatic N) is 4. The number of aromatic nitrogens is 2. The molecule has 1 fully saturated rings. The molecule has 0 saturated heterocycles. The molecule has 4 heteroatoms. The van der Waals surface area contributed by atoms with Crippen LogP contribution in [0.15, 0.2) is 12.1 Å². The van der Waals surface area contributed by atoms with Gasteiger partial charge in [-0.15, -0.1) is 0 Å². The maximum Gasteiger partial charge on any atom is 0.232 e. The molecule has 0 unspecified atom stereocenters. The lowest BCUT2D eigenvalue weighted by atomic mass is 10.0. The van der Waals surface area contributed by atoms with E-state index in [1.807, 2.05) is 0 Å². The van der Waals surface area contributed by atoms with E-state index in [9.17, 15) is 0 Å². The molecule has 0 N–H and O–H groups in total. The van der Waals surface area contributed by atoms with Gasteiger partial charge in [-0.2, -0.15) is 4.98 Å². The Kier molecular flexibility index (Phi) is 6.55. The Balaban J connectivity index is 1.77. The fourth-order valence-electron chi connectivity index (χ4n) is 5.46. The quantitative estimate of drug-likeness (QED) is 0.458. The third kappa shape index (κ3) is 4.58. The minimum Gasteiger partial charge on any atom is -0.353 e. The van der Waals surface area contributed by atoms with E-state index < -0.39 is 0 Å². The molecule has 2 aromatic rings. The van der Waals surface area contributed by atoms with E-state index in [4.69, 9.17) is 9.97 Å². The summed E-state index contributed by atoms with van der Waals surface area (Å²) in [6.07, 6.45) is 8.67. The minimum absolute atomic E-state index is 0.595. The summed E-state index contributed by atoms with van der Waals surface area (Å²) in [7, 11) is 0. The summed E-state index contributed by atoms with van der Waals surface area (Å²) in [6.45, 7) is 15.6. The molecule has 1 aromatic heterocycles. The maximum absolute atomic E-state index is 5.28. The summed E-state index contributed by atoms with van der Waals surface area (Å²) in [5.74, 6) is 2.87. The highest BCUT2D eigenvalue weighted by molar-refractivity contribution is 5.69. The van der Waals surface area contributed by atoms with Crippen molar-refractivity contribution in [3.8, 4) is 0 Å². The van der Waals surface area contributed by atoms with Crippen molar-refractivity contribution in [2.24, 2.45) is 5.92 Å². The lowest BCUT2D eigenvalue weighted by Gasteiger charge is -2.31. The first kappa shape index (κ1) is 22.1. The first-order valence-electron chi connectivity index (χ1n) is 12.4. The predicted molar refractivity (Wildman–Crippen MR) is 132 cm³/mol. The lowest BCUT2D eigenvalue weighted by molar-refractivity contribution is 0.511. The van der Waals surface area contributed by atoms with E-state index in [-0.39, 0.29) is 0 Å². The van der Waals surface area contributed by atoms with Gasteiger partial charge in [-0.3, -0.25) is 0 Å². The van der Waals surface area contributed by atoms with Crippen molar-refractivity contribution in [2.75, 3.05) is 22.9 Å². The van der Waals surface area contributed by atoms with Crippen LogP contribution >= 0.6 is 0 Å². The van der Waals surface area contributed by atoms with Crippen LogP contribution in [0.1, 0.15) is 80.3 Å². The van der Waals surface area contributed by atoms with Gasteiger partial charge < -0.3 is 9.80 Å². The molecule has 4 rings (SSSR count). The second-order valence-electron chi connectivity index (χ2n) is 9.89. The van der Waals surface area contributed by atoms with E-state index in [0.29, 0.717) is 6.04 Å². The van der Waals surface area contributed by atoms with Crippen LogP contribution in [0.3, 0.4) is 0 Å². The highest BCUT2D eigenvalue weighted by Gasteiger charge is 2.32. The average molecular weight is 421 g/mol. The molecule has 0 amide bonds. The van der Waals surface area contributed by atoms with Crippen LogP contribution in [0.4, 0.5) is 17.5 Å². The Morgan fingerprint density at radius 3 is 2.23 bits per heavy atom. The summed E-state index contributed by atoms with van der Waals surface area (Å²) >= 11 is 0. The van der Waals surface area contributed by atoms with Crippen molar-refractivity contribution in [1.82, 2.24) is 9.97 Å². The number of hydrogen-bond acceptors (Lipinski definition) is 4. The molecule has 1 aromatic carbocycles. The van der Waals surface area contributed by atoms with Gasteiger partial charge in [0.05, 0.1) is 0 Å². The van der Waals surface area contributed by atoms with Crippen LogP contribution in [0.2, 0.25) is 0 Å². The first-order chi connectivity index (χ1) is 14.9. The third-order valence-corrected chi connectivity index (χ3v) is 7.02.